The lowest BCUT2D eigenvalue weighted by molar-refractivity contribution is 0.203. The van der Waals surface area contributed by atoms with E-state index in [-0.39, 0.29) is 0 Å². The molecule has 0 spiro atoms. The van der Waals surface area contributed by atoms with Crippen LogP contribution < -0.4 is 0 Å². The van der Waals surface area contributed by atoms with E-state index in [1.807, 2.05) is 13.0 Å². The topological polar surface area (TPSA) is 46.0 Å². The van der Waals surface area contributed by atoms with Crippen molar-refractivity contribution < 1.29 is 5.11 Å². The molecule has 0 aliphatic heterocycles. The molecule has 2 heterocycles. The minimum absolute atomic E-state index is 0.451. The molecule has 78 valence electrons. The fourth-order valence-corrected chi connectivity index (χ4v) is 2.22. The molecule has 1 unspecified atom stereocenters. The van der Waals surface area contributed by atoms with Gasteiger partial charge in [-0.05, 0) is 25.5 Å². The Morgan fingerprint density at radius 1 is 1.40 bits per heavy atom. The summed E-state index contributed by atoms with van der Waals surface area (Å²) in [5, 5.41) is 10.3. The second-order valence-electron chi connectivity index (χ2n) is 3.43. The highest BCUT2D eigenvalue weighted by molar-refractivity contribution is 7.15. The third-order valence-electron chi connectivity index (χ3n) is 2.20. The van der Waals surface area contributed by atoms with Crippen LogP contribution in [0, 0.1) is 6.92 Å². The Balaban J connectivity index is 2.42. The third kappa shape index (κ3) is 2.06. The minimum atomic E-state index is -0.451. The van der Waals surface area contributed by atoms with Crippen LogP contribution in [0.1, 0.15) is 23.5 Å². The number of rotatable bonds is 2. The third-order valence-corrected chi connectivity index (χ3v) is 3.41. The van der Waals surface area contributed by atoms with Gasteiger partial charge in [-0.25, -0.2) is 4.98 Å². The Kier molecular flexibility index (Phi) is 2.79. The van der Waals surface area contributed by atoms with Crippen LogP contribution in [-0.2, 0) is 0 Å². The highest BCUT2D eigenvalue weighted by Crippen LogP contribution is 2.29. The molecule has 0 aromatic carbocycles. The van der Waals surface area contributed by atoms with Crippen LogP contribution in [0.25, 0.3) is 10.6 Å². The molecule has 2 rings (SSSR count). The molecule has 15 heavy (non-hydrogen) atoms. The van der Waals surface area contributed by atoms with Crippen LogP contribution in [0.2, 0.25) is 0 Å². The molecule has 1 atom stereocenters. The van der Waals surface area contributed by atoms with Crippen LogP contribution in [0.3, 0.4) is 0 Å². The fourth-order valence-electron chi connectivity index (χ4n) is 1.29. The van der Waals surface area contributed by atoms with Crippen molar-refractivity contribution in [3.05, 3.63) is 35.1 Å². The number of pyridine rings is 1. The molecule has 2 aromatic rings. The second-order valence-corrected chi connectivity index (χ2v) is 4.50. The van der Waals surface area contributed by atoms with Crippen LogP contribution in [0.5, 0.6) is 0 Å². The maximum atomic E-state index is 9.41. The summed E-state index contributed by atoms with van der Waals surface area (Å²) in [7, 11) is 0. The number of thiazole rings is 1. The molecular weight excluding hydrogens is 208 g/mol. The summed E-state index contributed by atoms with van der Waals surface area (Å²) in [6.07, 6.45) is 4.84. The summed E-state index contributed by atoms with van der Waals surface area (Å²) in [5.74, 6) is 0. The number of aromatic nitrogens is 2. The van der Waals surface area contributed by atoms with Gasteiger partial charge in [0.25, 0.3) is 0 Å². The van der Waals surface area contributed by atoms with Crippen molar-refractivity contribution in [1.29, 1.82) is 0 Å². The summed E-state index contributed by atoms with van der Waals surface area (Å²) >= 11 is 1.51. The van der Waals surface area contributed by atoms with E-state index in [1.54, 1.807) is 25.5 Å². The van der Waals surface area contributed by atoms with E-state index in [2.05, 4.69) is 9.97 Å². The summed E-state index contributed by atoms with van der Waals surface area (Å²) in [4.78, 5) is 9.25. The molecule has 3 nitrogen and oxygen atoms in total. The lowest BCUT2D eigenvalue weighted by Crippen LogP contribution is -1.83. The predicted molar refractivity (Wildman–Crippen MR) is 60.7 cm³/mol. The molecule has 0 saturated carbocycles. The van der Waals surface area contributed by atoms with Gasteiger partial charge >= 0.3 is 0 Å². The molecule has 4 heteroatoms. The van der Waals surface area contributed by atoms with E-state index in [0.29, 0.717) is 0 Å². The van der Waals surface area contributed by atoms with Gasteiger partial charge < -0.3 is 5.11 Å². The zero-order chi connectivity index (χ0) is 10.8. The number of hydrogen-bond donors (Lipinski definition) is 1. The van der Waals surface area contributed by atoms with Gasteiger partial charge in [-0.3, -0.25) is 4.98 Å². The van der Waals surface area contributed by atoms with Crippen molar-refractivity contribution >= 4 is 11.3 Å². The molecule has 2 aromatic heterocycles. The smallest absolute Gasteiger partial charge is 0.125 e. The maximum absolute atomic E-state index is 9.41. The van der Waals surface area contributed by atoms with Crippen molar-refractivity contribution in [1.82, 2.24) is 9.97 Å². The van der Waals surface area contributed by atoms with Crippen molar-refractivity contribution in [2.24, 2.45) is 0 Å². The van der Waals surface area contributed by atoms with Gasteiger partial charge in [0, 0.05) is 24.2 Å². The summed E-state index contributed by atoms with van der Waals surface area (Å²) in [6.45, 7) is 3.77. The molecule has 0 saturated heterocycles. The first-order valence-electron chi connectivity index (χ1n) is 4.73. The molecule has 0 fully saturated rings. The molecular formula is C11H12N2OS. The second kappa shape index (κ2) is 4.08. The number of aliphatic hydroxyl groups is 1. The highest BCUT2D eigenvalue weighted by Gasteiger charge is 2.09. The Morgan fingerprint density at radius 2 is 2.20 bits per heavy atom. The van der Waals surface area contributed by atoms with E-state index in [4.69, 9.17) is 0 Å². The average molecular weight is 220 g/mol. The molecule has 1 N–H and O–H groups in total. The molecule has 0 amide bonds. The molecule has 0 aliphatic rings. The Labute approximate surface area is 92.5 Å². The standard InChI is InChI=1S/C11H12N2OS/c1-7-3-4-12-5-9(7)11-13-6-10(15-11)8(2)14/h3-6,8,14H,1-2H3. The van der Waals surface area contributed by atoms with Crippen molar-refractivity contribution in [3.8, 4) is 10.6 Å². The summed E-state index contributed by atoms with van der Waals surface area (Å²) in [6, 6.07) is 1.96. The van der Waals surface area contributed by atoms with Crippen LogP contribution in [-0.4, -0.2) is 15.1 Å². The SMILES string of the molecule is Cc1ccncc1-c1ncc(C(C)O)s1. The van der Waals surface area contributed by atoms with Gasteiger partial charge in [0.2, 0.25) is 0 Å². The van der Waals surface area contributed by atoms with Crippen LogP contribution in [0.15, 0.2) is 24.7 Å². The summed E-state index contributed by atoms with van der Waals surface area (Å²) in [5.41, 5.74) is 2.19. The fraction of sp³-hybridized carbons (Fsp3) is 0.273. The van der Waals surface area contributed by atoms with E-state index in [9.17, 15) is 5.11 Å². The van der Waals surface area contributed by atoms with Crippen molar-refractivity contribution in [2.75, 3.05) is 0 Å². The largest absolute Gasteiger partial charge is 0.388 e. The van der Waals surface area contributed by atoms with E-state index < -0.39 is 6.10 Å². The molecule has 0 radical (unpaired) electrons. The molecule has 0 aliphatic carbocycles. The highest BCUT2D eigenvalue weighted by atomic mass is 32.1. The predicted octanol–water partition coefficient (Wildman–Crippen LogP) is 2.57. The summed E-state index contributed by atoms with van der Waals surface area (Å²) < 4.78 is 0. The Hall–Kier alpha value is -1.26. The first kappa shape index (κ1) is 10.3. The Morgan fingerprint density at radius 3 is 2.80 bits per heavy atom. The van der Waals surface area contributed by atoms with E-state index in [1.165, 1.54) is 11.3 Å². The van der Waals surface area contributed by atoms with Gasteiger partial charge in [0.15, 0.2) is 0 Å². The van der Waals surface area contributed by atoms with Crippen molar-refractivity contribution in [3.63, 3.8) is 0 Å². The van der Waals surface area contributed by atoms with Gasteiger partial charge in [-0.1, -0.05) is 0 Å². The number of aliphatic hydroxyl groups excluding tert-OH is 1. The first-order valence-corrected chi connectivity index (χ1v) is 5.55. The zero-order valence-corrected chi connectivity index (χ0v) is 9.45. The maximum Gasteiger partial charge on any atom is 0.125 e. The van der Waals surface area contributed by atoms with Gasteiger partial charge in [0.1, 0.15) is 5.01 Å². The quantitative estimate of drug-likeness (QED) is 0.846. The number of hydrogen-bond acceptors (Lipinski definition) is 4. The van der Waals surface area contributed by atoms with Gasteiger partial charge in [0.05, 0.1) is 11.0 Å². The van der Waals surface area contributed by atoms with Crippen molar-refractivity contribution in [2.45, 2.75) is 20.0 Å². The number of aryl methyl sites for hydroxylation is 1. The lowest BCUT2D eigenvalue weighted by atomic mass is 10.2. The van der Waals surface area contributed by atoms with Gasteiger partial charge in [-0.15, -0.1) is 11.3 Å². The number of nitrogens with zero attached hydrogens (tertiary/aromatic N) is 2. The lowest BCUT2D eigenvalue weighted by Gasteiger charge is -2.00. The molecule has 0 bridgehead atoms. The Bertz CT molecular complexity index is 465. The van der Waals surface area contributed by atoms with Crippen LogP contribution >= 0.6 is 11.3 Å². The minimum Gasteiger partial charge on any atom is -0.388 e. The first-order chi connectivity index (χ1) is 7.18. The average Bonchev–Trinajstić information content (AvgIpc) is 2.67. The van der Waals surface area contributed by atoms with Crippen LogP contribution in [0.4, 0.5) is 0 Å². The van der Waals surface area contributed by atoms with Gasteiger partial charge in [-0.2, -0.15) is 0 Å². The normalized spacial score (nSPS) is 12.7. The van der Waals surface area contributed by atoms with E-state index in [0.717, 1.165) is 21.0 Å². The zero-order valence-electron chi connectivity index (χ0n) is 8.64. The van der Waals surface area contributed by atoms with E-state index >= 15 is 0 Å². The monoisotopic (exact) mass is 220 g/mol.